The van der Waals surface area contributed by atoms with Gasteiger partial charge in [-0.05, 0) is 48.4 Å². The lowest BCUT2D eigenvalue weighted by molar-refractivity contribution is -0.141. The van der Waals surface area contributed by atoms with Crippen LogP contribution in [0.1, 0.15) is 22.4 Å². The fourth-order valence-electron chi connectivity index (χ4n) is 3.19. The summed E-state index contributed by atoms with van der Waals surface area (Å²) in [6.45, 7) is 1.84. The van der Waals surface area contributed by atoms with Gasteiger partial charge in [-0.2, -0.15) is 13.2 Å². The Morgan fingerprint density at radius 2 is 1.83 bits per heavy atom. The van der Waals surface area contributed by atoms with E-state index in [1.54, 1.807) is 25.1 Å². The van der Waals surface area contributed by atoms with Gasteiger partial charge in [0, 0.05) is 23.7 Å². The van der Waals surface area contributed by atoms with Crippen LogP contribution in [0.5, 0.6) is 0 Å². The van der Waals surface area contributed by atoms with Crippen molar-refractivity contribution in [3.8, 4) is 11.3 Å². The van der Waals surface area contributed by atoms with Gasteiger partial charge in [-0.25, -0.2) is 17.8 Å². The second kappa shape index (κ2) is 10.3. The van der Waals surface area contributed by atoms with Crippen molar-refractivity contribution >= 4 is 27.7 Å². The minimum Gasteiger partial charge on any atom is -0.348 e. The third kappa shape index (κ3) is 7.38. The molecule has 3 aromatic rings. The van der Waals surface area contributed by atoms with Crippen LogP contribution in [-0.4, -0.2) is 25.6 Å². The predicted octanol–water partition coefficient (Wildman–Crippen LogP) is 4.92. The number of benzene rings is 2. The number of nitrogens with zero attached hydrogens (tertiary/aromatic N) is 1. The zero-order chi connectivity index (χ0) is 25.8. The lowest BCUT2D eigenvalue weighted by atomic mass is 10.0. The molecule has 2 N–H and O–H groups in total. The van der Waals surface area contributed by atoms with Gasteiger partial charge >= 0.3 is 6.18 Å². The topological polar surface area (TPSA) is 88.2 Å². The average molecular weight is 508 g/mol. The first kappa shape index (κ1) is 25.9. The van der Waals surface area contributed by atoms with Crippen LogP contribution in [0.4, 0.5) is 23.2 Å². The number of hydrogen-bond acceptors (Lipinski definition) is 4. The summed E-state index contributed by atoms with van der Waals surface area (Å²) in [6.07, 6.45) is -1.21. The monoisotopic (exact) mass is 507 g/mol. The van der Waals surface area contributed by atoms with Crippen LogP contribution in [0, 0.1) is 12.7 Å². The molecule has 184 valence electrons. The highest BCUT2D eigenvalue weighted by Gasteiger charge is 2.33. The third-order valence-corrected chi connectivity index (χ3v) is 5.37. The van der Waals surface area contributed by atoms with Gasteiger partial charge in [0.25, 0.3) is 0 Å². The third-order valence-electron chi connectivity index (χ3n) is 4.78. The van der Waals surface area contributed by atoms with Crippen LogP contribution >= 0.6 is 0 Å². The number of hydrogen-bond donors (Lipinski definition) is 2. The van der Waals surface area contributed by atoms with Gasteiger partial charge < -0.3 is 5.32 Å². The average Bonchev–Trinajstić information content (AvgIpc) is 2.76. The quantitative estimate of drug-likeness (QED) is 0.351. The Morgan fingerprint density at radius 3 is 2.46 bits per heavy atom. The molecular weight excluding hydrogens is 486 g/mol. The van der Waals surface area contributed by atoms with E-state index in [2.05, 4.69) is 15.0 Å². The number of sulfonamides is 1. The number of anilines is 1. The van der Waals surface area contributed by atoms with Crippen molar-refractivity contribution in [3.05, 3.63) is 88.9 Å². The number of nitrogens with one attached hydrogen (secondary N) is 2. The van der Waals surface area contributed by atoms with Gasteiger partial charge in [-0.1, -0.05) is 30.3 Å². The first-order valence-corrected chi connectivity index (χ1v) is 12.1. The zero-order valence-electron chi connectivity index (χ0n) is 18.7. The van der Waals surface area contributed by atoms with Crippen molar-refractivity contribution in [1.82, 2.24) is 10.3 Å². The molecule has 35 heavy (non-hydrogen) atoms. The molecule has 0 radical (unpaired) electrons. The molecule has 0 aliphatic carbocycles. The summed E-state index contributed by atoms with van der Waals surface area (Å²) in [5.41, 5.74) is 0.867. The number of aromatic nitrogens is 1. The maximum Gasteiger partial charge on any atom is 0.433 e. The lowest BCUT2D eigenvalue weighted by Crippen LogP contribution is -2.20. The predicted molar refractivity (Wildman–Crippen MR) is 125 cm³/mol. The van der Waals surface area contributed by atoms with Crippen LogP contribution in [0.3, 0.4) is 0 Å². The highest BCUT2D eigenvalue weighted by Crippen LogP contribution is 2.32. The number of halogens is 4. The summed E-state index contributed by atoms with van der Waals surface area (Å²) < 4.78 is 78.3. The summed E-state index contributed by atoms with van der Waals surface area (Å²) >= 11 is 0. The summed E-state index contributed by atoms with van der Waals surface area (Å²) in [5, 5.41) is 2.64. The van der Waals surface area contributed by atoms with Crippen molar-refractivity contribution < 1.29 is 30.8 Å². The van der Waals surface area contributed by atoms with E-state index in [1.165, 1.54) is 18.2 Å². The highest BCUT2D eigenvalue weighted by atomic mass is 32.2. The van der Waals surface area contributed by atoms with E-state index in [4.69, 9.17) is 0 Å². The highest BCUT2D eigenvalue weighted by molar-refractivity contribution is 7.92. The van der Waals surface area contributed by atoms with E-state index >= 15 is 0 Å². The van der Waals surface area contributed by atoms with Gasteiger partial charge in [0.05, 0.1) is 17.6 Å². The number of amides is 1. The molecular formula is C24H21F4N3O3S. The number of aryl methyl sites for hydroxylation is 1. The smallest absolute Gasteiger partial charge is 0.348 e. The van der Waals surface area contributed by atoms with Gasteiger partial charge in [-0.15, -0.1) is 0 Å². The summed E-state index contributed by atoms with van der Waals surface area (Å²) in [6, 6.07) is 11.9. The molecule has 0 bridgehead atoms. The van der Waals surface area contributed by atoms with Crippen LogP contribution < -0.4 is 10.0 Å². The standard InChI is InChI=1S/C24H21F4N3O3S/c1-15-12-16(6-9-20(15)31-35(2,33)34)14-29-22(32)11-8-17-7-10-21(24(26,27)28)30-23(17)18-4-3-5-19(25)13-18/h3-13,31H,14H2,1-2H3,(H,29,32). The van der Waals surface area contributed by atoms with E-state index in [0.29, 0.717) is 16.8 Å². The molecule has 0 saturated carbocycles. The maximum absolute atomic E-state index is 13.7. The fraction of sp³-hybridized carbons (Fsp3) is 0.167. The molecule has 0 unspecified atom stereocenters. The van der Waals surface area contributed by atoms with E-state index in [0.717, 1.165) is 36.6 Å². The SMILES string of the molecule is Cc1cc(CNC(=O)C=Cc2ccc(C(F)(F)F)nc2-c2cccc(F)c2)ccc1NS(C)(=O)=O. The Kier molecular flexibility index (Phi) is 7.59. The Labute approximate surface area is 199 Å². The molecule has 2 aromatic carbocycles. The minimum atomic E-state index is -4.69. The summed E-state index contributed by atoms with van der Waals surface area (Å²) in [5.74, 6) is -1.16. The van der Waals surface area contributed by atoms with Gasteiger partial charge in [0.2, 0.25) is 15.9 Å². The molecule has 0 spiro atoms. The van der Waals surface area contributed by atoms with Crippen LogP contribution in [0.25, 0.3) is 17.3 Å². The first-order valence-electron chi connectivity index (χ1n) is 10.2. The van der Waals surface area contributed by atoms with Crippen molar-refractivity contribution in [1.29, 1.82) is 0 Å². The molecule has 1 amide bonds. The second-order valence-electron chi connectivity index (χ2n) is 7.72. The van der Waals surface area contributed by atoms with Gasteiger partial charge in [0.1, 0.15) is 11.5 Å². The molecule has 0 atom stereocenters. The molecule has 0 aliphatic rings. The van der Waals surface area contributed by atoms with E-state index in [9.17, 15) is 30.8 Å². The molecule has 6 nitrogen and oxygen atoms in total. The Balaban J connectivity index is 1.77. The van der Waals surface area contributed by atoms with Crippen LogP contribution in [0.15, 0.2) is 60.7 Å². The van der Waals surface area contributed by atoms with Crippen molar-refractivity contribution in [2.75, 3.05) is 11.0 Å². The Hall–Kier alpha value is -3.73. The van der Waals surface area contributed by atoms with Crippen LogP contribution in [-0.2, 0) is 27.5 Å². The normalized spacial score (nSPS) is 12.1. The van der Waals surface area contributed by atoms with E-state index < -0.39 is 33.6 Å². The first-order chi connectivity index (χ1) is 16.3. The molecule has 0 saturated heterocycles. The van der Waals surface area contributed by atoms with Gasteiger partial charge in [-0.3, -0.25) is 9.52 Å². The number of carbonyl (C=O) groups is 1. The molecule has 0 aliphatic heterocycles. The van der Waals surface area contributed by atoms with Crippen molar-refractivity contribution in [2.24, 2.45) is 0 Å². The maximum atomic E-state index is 13.7. The van der Waals surface area contributed by atoms with Crippen molar-refractivity contribution in [3.63, 3.8) is 0 Å². The Morgan fingerprint density at radius 1 is 1.09 bits per heavy atom. The second-order valence-corrected chi connectivity index (χ2v) is 9.47. The Bertz CT molecular complexity index is 1390. The van der Waals surface area contributed by atoms with Crippen molar-refractivity contribution in [2.45, 2.75) is 19.6 Å². The number of alkyl halides is 3. The largest absolute Gasteiger partial charge is 0.433 e. The van der Waals surface area contributed by atoms with E-state index in [-0.39, 0.29) is 23.4 Å². The number of rotatable bonds is 7. The summed E-state index contributed by atoms with van der Waals surface area (Å²) in [4.78, 5) is 16.0. The molecule has 1 aromatic heterocycles. The lowest BCUT2D eigenvalue weighted by Gasteiger charge is -2.11. The summed E-state index contributed by atoms with van der Waals surface area (Å²) in [7, 11) is -3.43. The molecule has 0 fully saturated rings. The van der Waals surface area contributed by atoms with Gasteiger partial charge in [0.15, 0.2) is 0 Å². The number of pyridine rings is 1. The van der Waals surface area contributed by atoms with E-state index in [1.807, 2.05) is 0 Å². The fourth-order valence-corrected chi connectivity index (χ4v) is 3.82. The molecule has 3 rings (SSSR count). The zero-order valence-corrected chi connectivity index (χ0v) is 19.5. The molecule has 1 heterocycles. The minimum absolute atomic E-state index is 0.118. The number of carbonyl (C=O) groups excluding carboxylic acids is 1. The van der Waals surface area contributed by atoms with Crippen LogP contribution in [0.2, 0.25) is 0 Å². The molecule has 11 heteroatoms.